The van der Waals surface area contributed by atoms with E-state index in [4.69, 9.17) is 4.74 Å². The van der Waals surface area contributed by atoms with Gasteiger partial charge in [-0.25, -0.2) is 0 Å². The van der Waals surface area contributed by atoms with Gasteiger partial charge in [0.25, 0.3) is 0 Å². The largest absolute Gasteiger partial charge is 0.381 e. The molecule has 2 heteroatoms. The van der Waals surface area contributed by atoms with Crippen LogP contribution in [0.3, 0.4) is 0 Å². The second-order valence-corrected chi connectivity index (χ2v) is 8.52. The fraction of sp³-hybridized carbons (Fsp3) is 0.727. The van der Waals surface area contributed by atoms with Crippen LogP contribution in [-0.4, -0.2) is 19.3 Å². The molecule has 1 heterocycles. The van der Waals surface area contributed by atoms with Crippen LogP contribution in [0.2, 0.25) is 0 Å². The van der Waals surface area contributed by atoms with Crippen LogP contribution in [-0.2, 0) is 17.7 Å². The van der Waals surface area contributed by atoms with Crippen molar-refractivity contribution in [1.82, 2.24) is 5.32 Å². The van der Waals surface area contributed by atoms with E-state index in [0.717, 1.165) is 25.7 Å². The van der Waals surface area contributed by atoms with Crippen molar-refractivity contribution in [1.29, 1.82) is 0 Å². The van der Waals surface area contributed by atoms with Crippen LogP contribution in [0.25, 0.3) is 0 Å². The molecule has 1 atom stereocenters. The molecule has 24 heavy (non-hydrogen) atoms. The lowest BCUT2D eigenvalue weighted by Gasteiger charge is -2.47. The van der Waals surface area contributed by atoms with Gasteiger partial charge in [0.15, 0.2) is 0 Å². The predicted molar refractivity (Wildman–Crippen MR) is 99.1 cm³/mol. The average molecular weight is 328 g/mol. The van der Waals surface area contributed by atoms with Gasteiger partial charge in [-0.3, -0.25) is 0 Å². The van der Waals surface area contributed by atoms with Crippen LogP contribution in [0.5, 0.6) is 0 Å². The SMILES string of the molecule is c1cc(CNC2CCOCC23CCCCC3)cc(CC2CCC2)c1. The number of hydrogen-bond acceptors (Lipinski definition) is 2. The van der Waals surface area contributed by atoms with Crippen LogP contribution in [0.4, 0.5) is 0 Å². The van der Waals surface area contributed by atoms with Crippen molar-refractivity contribution in [2.75, 3.05) is 13.2 Å². The number of hydrogen-bond donors (Lipinski definition) is 1. The lowest BCUT2D eigenvalue weighted by molar-refractivity contribution is -0.0537. The third-order valence-electron chi connectivity index (χ3n) is 6.82. The van der Waals surface area contributed by atoms with Gasteiger partial charge in [0, 0.05) is 24.6 Å². The Kier molecular flexibility index (Phi) is 5.24. The molecule has 3 aliphatic rings. The summed E-state index contributed by atoms with van der Waals surface area (Å²) < 4.78 is 5.89. The first-order valence-corrected chi connectivity index (χ1v) is 10.2. The minimum absolute atomic E-state index is 0.417. The van der Waals surface area contributed by atoms with E-state index in [1.54, 1.807) is 5.56 Å². The lowest BCUT2D eigenvalue weighted by Crippen LogP contribution is -2.52. The second-order valence-electron chi connectivity index (χ2n) is 8.52. The molecule has 1 aromatic rings. The van der Waals surface area contributed by atoms with E-state index in [2.05, 4.69) is 29.6 Å². The quantitative estimate of drug-likeness (QED) is 0.834. The van der Waals surface area contributed by atoms with Crippen LogP contribution in [0.15, 0.2) is 24.3 Å². The standard InChI is InChI=1S/C22H33NO/c1-2-11-22(12-3-1)17-24-13-10-21(22)23-16-20-9-5-8-19(15-20)14-18-6-4-7-18/h5,8-9,15,18,21,23H,1-4,6-7,10-14,16-17H2. The van der Waals surface area contributed by atoms with E-state index >= 15 is 0 Å². The average Bonchev–Trinajstić information content (AvgIpc) is 2.59. The van der Waals surface area contributed by atoms with E-state index in [-0.39, 0.29) is 0 Å². The van der Waals surface area contributed by atoms with E-state index in [0.29, 0.717) is 11.5 Å². The van der Waals surface area contributed by atoms with Crippen molar-refractivity contribution >= 4 is 0 Å². The fourth-order valence-corrected chi connectivity index (χ4v) is 5.09. The minimum Gasteiger partial charge on any atom is -0.381 e. The fourth-order valence-electron chi connectivity index (χ4n) is 5.09. The van der Waals surface area contributed by atoms with E-state index in [1.807, 2.05) is 0 Å². The molecule has 1 aromatic carbocycles. The van der Waals surface area contributed by atoms with Gasteiger partial charge in [0.2, 0.25) is 0 Å². The number of nitrogens with one attached hydrogen (secondary N) is 1. The van der Waals surface area contributed by atoms with Crippen molar-refractivity contribution < 1.29 is 4.74 Å². The molecule has 2 saturated carbocycles. The molecule has 132 valence electrons. The summed E-state index contributed by atoms with van der Waals surface area (Å²) in [7, 11) is 0. The van der Waals surface area contributed by atoms with Crippen molar-refractivity contribution in [2.45, 2.75) is 76.8 Å². The normalized spacial score (nSPS) is 27.1. The molecular formula is C22H33NO. The maximum absolute atomic E-state index is 5.89. The van der Waals surface area contributed by atoms with E-state index in [1.165, 1.54) is 69.8 Å². The maximum Gasteiger partial charge on any atom is 0.0537 e. The van der Waals surface area contributed by atoms with Crippen LogP contribution in [0, 0.1) is 11.3 Å². The molecule has 2 nitrogen and oxygen atoms in total. The molecule has 2 aliphatic carbocycles. The second kappa shape index (κ2) is 7.58. The van der Waals surface area contributed by atoms with Crippen molar-refractivity contribution in [3.8, 4) is 0 Å². The van der Waals surface area contributed by atoms with Gasteiger partial charge in [-0.1, -0.05) is 62.8 Å². The van der Waals surface area contributed by atoms with E-state index in [9.17, 15) is 0 Å². The highest BCUT2D eigenvalue weighted by Gasteiger charge is 2.41. The molecule has 1 spiro atoms. The molecule has 0 aromatic heterocycles. The summed E-state index contributed by atoms with van der Waals surface area (Å²) in [5, 5.41) is 3.93. The molecule has 1 aliphatic heterocycles. The molecule has 1 saturated heterocycles. The van der Waals surface area contributed by atoms with Crippen molar-refractivity contribution in [3.05, 3.63) is 35.4 Å². The highest BCUT2D eigenvalue weighted by molar-refractivity contribution is 5.24. The zero-order valence-corrected chi connectivity index (χ0v) is 15.1. The Morgan fingerprint density at radius 1 is 1.00 bits per heavy atom. The molecule has 4 rings (SSSR count). The first-order chi connectivity index (χ1) is 11.8. The third kappa shape index (κ3) is 3.70. The first kappa shape index (κ1) is 16.6. The Balaban J connectivity index is 1.37. The van der Waals surface area contributed by atoms with Gasteiger partial charge in [0.05, 0.1) is 6.61 Å². The molecule has 3 fully saturated rings. The summed E-state index contributed by atoms with van der Waals surface area (Å²) in [5.41, 5.74) is 3.42. The zero-order chi connectivity index (χ0) is 16.2. The number of rotatable bonds is 5. The van der Waals surface area contributed by atoms with Crippen molar-refractivity contribution in [3.63, 3.8) is 0 Å². The number of ether oxygens (including phenoxy) is 1. The first-order valence-electron chi connectivity index (χ1n) is 10.2. The summed E-state index contributed by atoms with van der Waals surface area (Å²) >= 11 is 0. The maximum atomic E-state index is 5.89. The molecule has 1 unspecified atom stereocenters. The summed E-state index contributed by atoms with van der Waals surface area (Å²) in [6.07, 6.45) is 13.7. The topological polar surface area (TPSA) is 21.3 Å². The van der Waals surface area contributed by atoms with E-state index < -0.39 is 0 Å². The summed E-state index contributed by atoms with van der Waals surface area (Å²) in [6, 6.07) is 9.95. The third-order valence-corrected chi connectivity index (χ3v) is 6.82. The van der Waals surface area contributed by atoms with Gasteiger partial charge < -0.3 is 10.1 Å². The van der Waals surface area contributed by atoms with Crippen LogP contribution < -0.4 is 5.32 Å². The molecule has 0 radical (unpaired) electrons. The monoisotopic (exact) mass is 327 g/mol. The molecule has 0 amide bonds. The summed E-state index contributed by atoms with van der Waals surface area (Å²) in [6.45, 7) is 2.93. The zero-order valence-electron chi connectivity index (χ0n) is 15.1. The Morgan fingerprint density at radius 2 is 1.83 bits per heavy atom. The molecular weight excluding hydrogens is 294 g/mol. The van der Waals surface area contributed by atoms with Gasteiger partial charge in [-0.2, -0.15) is 0 Å². The lowest BCUT2D eigenvalue weighted by atomic mass is 9.67. The van der Waals surface area contributed by atoms with Gasteiger partial charge in [-0.05, 0) is 42.7 Å². The van der Waals surface area contributed by atoms with Crippen LogP contribution in [0.1, 0.15) is 68.9 Å². The van der Waals surface area contributed by atoms with Crippen molar-refractivity contribution in [2.24, 2.45) is 11.3 Å². The Morgan fingerprint density at radius 3 is 2.62 bits per heavy atom. The van der Waals surface area contributed by atoms with Gasteiger partial charge >= 0.3 is 0 Å². The predicted octanol–water partition coefficient (Wildman–Crippen LogP) is 4.86. The number of benzene rings is 1. The smallest absolute Gasteiger partial charge is 0.0537 e. The summed E-state index contributed by atoms with van der Waals surface area (Å²) in [4.78, 5) is 0. The molecule has 0 bridgehead atoms. The van der Waals surface area contributed by atoms with Crippen LogP contribution >= 0.6 is 0 Å². The van der Waals surface area contributed by atoms with Gasteiger partial charge in [0.1, 0.15) is 0 Å². The Labute approximate surface area is 147 Å². The summed E-state index contributed by atoms with van der Waals surface area (Å²) in [5.74, 6) is 0.953. The molecule has 1 N–H and O–H groups in total. The highest BCUT2D eigenvalue weighted by atomic mass is 16.5. The Hall–Kier alpha value is -0.860. The Bertz CT molecular complexity index is 522. The van der Waals surface area contributed by atoms with Gasteiger partial charge in [-0.15, -0.1) is 0 Å². The minimum atomic E-state index is 0.417. The highest BCUT2D eigenvalue weighted by Crippen LogP contribution is 2.42.